The van der Waals surface area contributed by atoms with Gasteiger partial charge in [-0.25, -0.2) is 14.4 Å². The van der Waals surface area contributed by atoms with Gasteiger partial charge in [0.25, 0.3) is 0 Å². The zero-order chi connectivity index (χ0) is 11.8. The monoisotopic (exact) mass is 248 g/mol. The number of hydrogen-bond donors (Lipinski definition) is 1. The van der Waals surface area contributed by atoms with Crippen LogP contribution in [0.4, 0.5) is 4.39 Å². The number of hydrogen-bond acceptors (Lipinski definition) is 3. The Morgan fingerprint density at radius 1 is 1.18 bits per heavy atom. The van der Waals surface area contributed by atoms with Gasteiger partial charge in [0, 0.05) is 11.6 Å². The Labute approximate surface area is 100 Å². The SMILES string of the molecule is Fc1ccc2nc(Cl)nc(-c3ccn[nH]3)c2c1. The summed E-state index contributed by atoms with van der Waals surface area (Å²) >= 11 is 5.83. The number of halogens is 2. The van der Waals surface area contributed by atoms with Gasteiger partial charge in [0.1, 0.15) is 11.5 Å². The predicted octanol–water partition coefficient (Wildman–Crippen LogP) is 2.81. The van der Waals surface area contributed by atoms with E-state index in [1.54, 1.807) is 18.3 Å². The van der Waals surface area contributed by atoms with Gasteiger partial charge in [-0.05, 0) is 35.9 Å². The van der Waals surface area contributed by atoms with Crippen molar-refractivity contribution < 1.29 is 4.39 Å². The Balaban J connectivity index is 2.39. The van der Waals surface area contributed by atoms with E-state index < -0.39 is 0 Å². The molecule has 1 N–H and O–H groups in total. The normalized spacial score (nSPS) is 10.9. The Bertz CT molecular complexity index is 681. The summed E-state index contributed by atoms with van der Waals surface area (Å²) in [5.74, 6) is -0.343. The van der Waals surface area contributed by atoms with Crippen molar-refractivity contribution in [1.29, 1.82) is 0 Å². The highest BCUT2D eigenvalue weighted by atomic mass is 35.5. The lowest BCUT2D eigenvalue weighted by atomic mass is 10.1. The Hall–Kier alpha value is -2.01. The van der Waals surface area contributed by atoms with Crippen LogP contribution in [0, 0.1) is 5.82 Å². The molecule has 0 atom stereocenters. The number of benzene rings is 1. The molecule has 2 heterocycles. The van der Waals surface area contributed by atoms with Crippen LogP contribution in [-0.2, 0) is 0 Å². The lowest BCUT2D eigenvalue weighted by Crippen LogP contribution is -1.92. The molecule has 1 aromatic carbocycles. The smallest absolute Gasteiger partial charge is 0.223 e. The summed E-state index contributed by atoms with van der Waals surface area (Å²) in [7, 11) is 0. The Morgan fingerprint density at radius 3 is 2.82 bits per heavy atom. The second-order valence-electron chi connectivity index (χ2n) is 3.47. The van der Waals surface area contributed by atoms with E-state index in [2.05, 4.69) is 20.2 Å². The van der Waals surface area contributed by atoms with Gasteiger partial charge >= 0.3 is 0 Å². The van der Waals surface area contributed by atoms with Crippen LogP contribution in [0.25, 0.3) is 22.3 Å². The highest BCUT2D eigenvalue weighted by molar-refractivity contribution is 6.28. The van der Waals surface area contributed by atoms with Crippen molar-refractivity contribution in [3.05, 3.63) is 41.6 Å². The minimum atomic E-state index is -0.343. The average molecular weight is 249 g/mol. The Kier molecular flexibility index (Phi) is 2.26. The molecular weight excluding hydrogens is 243 g/mol. The van der Waals surface area contributed by atoms with Gasteiger partial charge in [-0.2, -0.15) is 5.10 Å². The lowest BCUT2D eigenvalue weighted by molar-refractivity contribution is 0.629. The lowest BCUT2D eigenvalue weighted by Gasteiger charge is -2.04. The number of nitrogens with one attached hydrogen (secondary N) is 1. The van der Waals surface area contributed by atoms with Gasteiger partial charge in [-0.15, -0.1) is 0 Å². The molecule has 2 aromatic heterocycles. The number of nitrogens with zero attached hydrogens (tertiary/aromatic N) is 3. The summed E-state index contributed by atoms with van der Waals surface area (Å²) in [6, 6.07) is 6.02. The van der Waals surface area contributed by atoms with Crippen LogP contribution in [-0.4, -0.2) is 20.2 Å². The van der Waals surface area contributed by atoms with Crippen LogP contribution in [0.1, 0.15) is 0 Å². The zero-order valence-corrected chi connectivity index (χ0v) is 9.24. The molecule has 0 radical (unpaired) electrons. The molecule has 3 rings (SSSR count). The van der Waals surface area contributed by atoms with Gasteiger partial charge in [-0.3, -0.25) is 5.10 Å². The van der Waals surface area contributed by atoms with E-state index in [-0.39, 0.29) is 11.1 Å². The molecule has 0 aliphatic heterocycles. The minimum Gasteiger partial charge on any atom is -0.276 e. The van der Waals surface area contributed by atoms with Crippen molar-refractivity contribution >= 4 is 22.5 Å². The summed E-state index contributed by atoms with van der Waals surface area (Å²) < 4.78 is 13.2. The quantitative estimate of drug-likeness (QED) is 0.674. The highest BCUT2D eigenvalue weighted by Gasteiger charge is 2.10. The van der Waals surface area contributed by atoms with Crippen molar-refractivity contribution in [3.63, 3.8) is 0 Å². The van der Waals surface area contributed by atoms with Crippen molar-refractivity contribution in [2.24, 2.45) is 0 Å². The van der Waals surface area contributed by atoms with E-state index in [0.717, 1.165) is 0 Å². The summed E-state index contributed by atoms with van der Waals surface area (Å²) in [6.07, 6.45) is 1.59. The summed E-state index contributed by atoms with van der Waals surface area (Å²) in [5, 5.41) is 7.32. The fourth-order valence-corrected chi connectivity index (χ4v) is 1.84. The fraction of sp³-hybridized carbons (Fsp3) is 0. The molecule has 0 amide bonds. The first-order valence-corrected chi connectivity index (χ1v) is 5.24. The Morgan fingerprint density at radius 2 is 2.06 bits per heavy atom. The van der Waals surface area contributed by atoms with E-state index in [9.17, 15) is 4.39 Å². The summed E-state index contributed by atoms with van der Waals surface area (Å²) in [4.78, 5) is 8.14. The van der Waals surface area contributed by atoms with Crippen LogP contribution in [0.15, 0.2) is 30.5 Å². The maximum absolute atomic E-state index is 13.2. The second-order valence-corrected chi connectivity index (χ2v) is 3.81. The molecule has 84 valence electrons. The topological polar surface area (TPSA) is 54.5 Å². The van der Waals surface area contributed by atoms with Crippen LogP contribution >= 0.6 is 11.6 Å². The highest BCUT2D eigenvalue weighted by Crippen LogP contribution is 2.26. The fourth-order valence-electron chi connectivity index (χ4n) is 1.67. The van der Waals surface area contributed by atoms with Crippen molar-refractivity contribution in [3.8, 4) is 11.4 Å². The molecule has 0 aliphatic rings. The first-order valence-electron chi connectivity index (χ1n) is 4.86. The number of aromatic nitrogens is 4. The maximum atomic E-state index is 13.2. The van der Waals surface area contributed by atoms with E-state index in [1.807, 2.05) is 0 Å². The predicted molar refractivity (Wildman–Crippen MR) is 62.1 cm³/mol. The van der Waals surface area contributed by atoms with Crippen LogP contribution in [0.3, 0.4) is 0 Å². The molecule has 4 nitrogen and oxygen atoms in total. The average Bonchev–Trinajstić information content (AvgIpc) is 2.82. The van der Waals surface area contributed by atoms with E-state index in [1.165, 1.54) is 12.1 Å². The molecule has 0 saturated carbocycles. The largest absolute Gasteiger partial charge is 0.276 e. The standard InChI is InChI=1S/C11H6ClFN4/c12-11-15-8-2-1-6(13)5-7(8)10(16-11)9-3-4-14-17-9/h1-5H,(H,14,17). The van der Waals surface area contributed by atoms with Crippen molar-refractivity contribution in [2.75, 3.05) is 0 Å². The van der Waals surface area contributed by atoms with E-state index in [0.29, 0.717) is 22.3 Å². The van der Waals surface area contributed by atoms with Crippen molar-refractivity contribution in [2.45, 2.75) is 0 Å². The molecule has 0 unspecified atom stereocenters. The summed E-state index contributed by atoms with van der Waals surface area (Å²) in [6.45, 7) is 0. The van der Waals surface area contributed by atoms with E-state index in [4.69, 9.17) is 11.6 Å². The third kappa shape index (κ3) is 1.74. The van der Waals surface area contributed by atoms with Gasteiger partial charge in [0.2, 0.25) is 5.28 Å². The molecule has 0 fully saturated rings. The molecular formula is C11H6ClFN4. The maximum Gasteiger partial charge on any atom is 0.223 e. The van der Waals surface area contributed by atoms with Crippen LogP contribution in [0.2, 0.25) is 5.28 Å². The molecule has 0 bridgehead atoms. The van der Waals surface area contributed by atoms with Gasteiger partial charge in [0.15, 0.2) is 0 Å². The minimum absolute atomic E-state index is 0.119. The number of fused-ring (bicyclic) bond motifs is 1. The van der Waals surface area contributed by atoms with Crippen LogP contribution in [0.5, 0.6) is 0 Å². The van der Waals surface area contributed by atoms with Gasteiger partial charge < -0.3 is 0 Å². The molecule has 0 spiro atoms. The second kappa shape index (κ2) is 3.78. The zero-order valence-electron chi connectivity index (χ0n) is 8.48. The van der Waals surface area contributed by atoms with E-state index >= 15 is 0 Å². The molecule has 17 heavy (non-hydrogen) atoms. The molecule has 3 aromatic rings. The van der Waals surface area contributed by atoms with Gasteiger partial charge in [-0.1, -0.05) is 0 Å². The number of H-pyrrole nitrogens is 1. The van der Waals surface area contributed by atoms with Gasteiger partial charge in [0.05, 0.1) is 11.2 Å². The van der Waals surface area contributed by atoms with Crippen molar-refractivity contribution in [1.82, 2.24) is 20.2 Å². The first kappa shape index (κ1) is 10.2. The third-order valence-electron chi connectivity index (χ3n) is 2.39. The van der Waals surface area contributed by atoms with Crippen LogP contribution < -0.4 is 0 Å². The summed E-state index contributed by atoms with van der Waals surface area (Å²) in [5.41, 5.74) is 1.80. The first-order chi connectivity index (χ1) is 8.24. The molecule has 0 aliphatic carbocycles. The number of aromatic amines is 1. The number of rotatable bonds is 1. The molecule has 6 heteroatoms. The molecule has 0 saturated heterocycles. The third-order valence-corrected chi connectivity index (χ3v) is 2.56.